The third-order valence-corrected chi connectivity index (χ3v) is 4.68. The highest BCUT2D eigenvalue weighted by atomic mass is 19.4. The summed E-state index contributed by atoms with van der Waals surface area (Å²) >= 11 is 0. The van der Waals surface area contributed by atoms with Crippen LogP contribution in [0.1, 0.15) is 24.0 Å². The number of hydrogen-bond donors (Lipinski definition) is 1. The molecule has 136 valence electrons. The number of nitrogens with one attached hydrogen (secondary N) is 1. The fourth-order valence-corrected chi connectivity index (χ4v) is 3.21. The molecule has 0 aliphatic carbocycles. The van der Waals surface area contributed by atoms with Gasteiger partial charge in [0.05, 0.1) is 17.2 Å². The zero-order valence-electron chi connectivity index (χ0n) is 14.1. The number of anilines is 2. The molecule has 0 unspecified atom stereocenters. The van der Waals surface area contributed by atoms with E-state index in [9.17, 15) is 13.2 Å². The molecule has 0 radical (unpaired) electrons. The molecule has 1 fully saturated rings. The highest BCUT2D eigenvalue weighted by molar-refractivity contribution is 5.56. The molecular weight excluding hydrogens is 341 g/mol. The first-order valence-corrected chi connectivity index (χ1v) is 8.47. The summed E-state index contributed by atoms with van der Waals surface area (Å²) in [6.07, 6.45) is 0.846. The minimum atomic E-state index is -4.49. The molecule has 1 aliphatic rings. The lowest BCUT2D eigenvalue weighted by atomic mass is 9.96. The van der Waals surface area contributed by atoms with Gasteiger partial charge in [-0.25, -0.2) is 0 Å². The van der Waals surface area contributed by atoms with Gasteiger partial charge in [0, 0.05) is 43.4 Å². The van der Waals surface area contributed by atoms with E-state index in [1.54, 1.807) is 18.5 Å². The summed E-state index contributed by atoms with van der Waals surface area (Å²) in [6.45, 7) is 2.23. The first-order chi connectivity index (χ1) is 12.5. The van der Waals surface area contributed by atoms with Crippen LogP contribution in [0.3, 0.4) is 0 Å². The van der Waals surface area contributed by atoms with Gasteiger partial charge in [-0.3, -0.25) is 4.98 Å². The molecule has 4 nitrogen and oxygen atoms in total. The second-order valence-electron chi connectivity index (χ2n) is 6.39. The fraction of sp³-hybridized carbons (Fsp3) is 0.368. The van der Waals surface area contributed by atoms with E-state index in [2.05, 4.69) is 15.2 Å². The molecule has 7 heteroatoms. The Hall–Kier alpha value is -2.75. The van der Waals surface area contributed by atoms with Gasteiger partial charge in [0.1, 0.15) is 0 Å². The van der Waals surface area contributed by atoms with E-state index in [-0.39, 0.29) is 11.3 Å². The number of alkyl halides is 3. The van der Waals surface area contributed by atoms with Crippen molar-refractivity contribution in [3.8, 4) is 6.07 Å². The first-order valence-electron chi connectivity index (χ1n) is 8.47. The number of piperidine rings is 1. The SMILES string of the molecule is N#Cc1ccc(NCC2CCN(c3ccncc3)CC2)c(C(F)(F)F)c1. The predicted molar refractivity (Wildman–Crippen MR) is 93.8 cm³/mol. The molecule has 0 saturated carbocycles. The Morgan fingerprint density at radius 2 is 1.85 bits per heavy atom. The van der Waals surface area contributed by atoms with Crippen molar-refractivity contribution in [3.05, 3.63) is 53.9 Å². The smallest absolute Gasteiger partial charge is 0.384 e. The van der Waals surface area contributed by atoms with Crippen LogP contribution in [0.4, 0.5) is 24.5 Å². The molecule has 0 bridgehead atoms. The van der Waals surface area contributed by atoms with E-state index in [1.165, 1.54) is 12.1 Å². The van der Waals surface area contributed by atoms with Gasteiger partial charge in [-0.05, 0) is 49.1 Å². The maximum atomic E-state index is 13.2. The summed E-state index contributed by atoms with van der Waals surface area (Å²) < 4.78 is 39.6. The van der Waals surface area contributed by atoms with E-state index in [0.717, 1.165) is 37.7 Å². The van der Waals surface area contributed by atoms with Crippen LogP contribution in [0, 0.1) is 17.2 Å². The van der Waals surface area contributed by atoms with E-state index in [1.807, 2.05) is 12.1 Å². The van der Waals surface area contributed by atoms with Gasteiger partial charge in [0.15, 0.2) is 0 Å². The molecule has 1 N–H and O–H groups in total. The molecule has 0 spiro atoms. The van der Waals surface area contributed by atoms with Crippen LogP contribution in [0.15, 0.2) is 42.7 Å². The van der Waals surface area contributed by atoms with Crippen LogP contribution in [0.25, 0.3) is 0 Å². The minimum absolute atomic E-state index is 0.00790. The van der Waals surface area contributed by atoms with Crippen LogP contribution in [-0.4, -0.2) is 24.6 Å². The van der Waals surface area contributed by atoms with Gasteiger partial charge in [0.2, 0.25) is 0 Å². The first kappa shape index (κ1) is 18.1. The Labute approximate surface area is 150 Å². The molecule has 2 heterocycles. The van der Waals surface area contributed by atoms with Gasteiger partial charge >= 0.3 is 6.18 Å². The Balaban J connectivity index is 1.60. The third kappa shape index (κ3) is 4.26. The summed E-state index contributed by atoms with van der Waals surface area (Å²) in [5, 5.41) is 11.8. The van der Waals surface area contributed by atoms with Crippen molar-refractivity contribution in [2.45, 2.75) is 19.0 Å². The van der Waals surface area contributed by atoms with E-state index < -0.39 is 11.7 Å². The molecule has 0 amide bonds. The third-order valence-electron chi connectivity index (χ3n) is 4.68. The largest absolute Gasteiger partial charge is 0.418 e. The topological polar surface area (TPSA) is 52.0 Å². The molecule has 1 aliphatic heterocycles. The number of hydrogen-bond acceptors (Lipinski definition) is 4. The Morgan fingerprint density at radius 1 is 1.15 bits per heavy atom. The molecule has 26 heavy (non-hydrogen) atoms. The summed E-state index contributed by atoms with van der Waals surface area (Å²) in [5.41, 5.74) is 0.380. The molecule has 1 aromatic carbocycles. The lowest BCUT2D eigenvalue weighted by Gasteiger charge is -2.33. The van der Waals surface area contributed by atoms with Gasteiger partial charge < -0.3 is 10.2 Å². The molecule has 2 aromatic rings. The van der Waals surface area contributed by atoms with E-state index in [0.29, 0.717) is 12.5 Å². The van der Waals surface area contributed by atoms with Crippen molar-refractivity contribution in [2.75, 3.05) is 29.9 Å². The minimum Gasteiger partial charge on any atom is -0.384 e. The number of nitrogens with zero attached hydrogens (tertiary/aromatic N) is 3. The number of rotatable bonds is 4. The summed E-state index contributed by atoms with van der Waals surface area (Å²) in [5.74, 6) is 0.310. The number of nitriles is 1. The van der Waals surface area contributed by atoms with Gasteiger partial charge in [-0.2, -0.15) is 18.4 Å². The highest BCUT2D eigenvalue weighted by Gasteiger charge is 2.34. The average Bonchev–Trinajstić information content (AvgIpc) is 2.66. The van der Waals surface area contributed by atoms with Crippen molar-refractivity contribution in [3.63, 3.8) is 0 Å². The maximum Gasteiger partial charge on any atom is 0.418 e. The molecular formula is C19H19F3N4. The zero-order valence-corrected chi connectivity index (χ0v) is 14.1. The molecule has 1 saturated heterocycles. The number of halogens is 3. The molecule has 1 aromatic heterocycles. The summed E-state index contributed by atoms with van der Waals surface area (Å²) in [6, 6.07) is 9.33. The fourth-order valence-electron chi connectivity index (χ4n) is 3.21. The predicted octanol–water partition coefficient (Wildman–Crippen LogP) is 4.30. The van der Waals surface area contributed by atoms with E-state index >= 15 is 0 Å². The van der Waals surface area contributed by atoms with Crippen LogP contribution in [-0.2, 0) is 6.18 Å². The zero-order chi connectivity index (χ0) is 18.6. The Bertz CT molecular complexity index is 776. The van der Waals surface area contributed by atoms with Crippen molar-refractivity contribution in [1.82, 2.24) is 4.98 Å². The number of benzene rings is 1. The Morgan fingerprint density at radius 3 is 2.46 bits per heavy atom. The molecule has 3 rings (SSSR count). The maximum absolute atomic E-state index is 13.2. The van der Waals surface area contributed by atoms with E-state index in [4.69, 9.17) is 5.26 Å². The second-order valence-corrected chi connectivity index (χ2v) is 6.39. The van der Waals surface area contributed by atoms with Crippen LogP contribution in [0.5, 0.6) is 0 Å². The van der Waals surface area contributed by atoms with Gasteiger partial charge in [0.25, 0.3) is 0 Å². The van der Waals surface area contributed by atoms with Crippen molar-refractivity contribution in [1.29, 1.82) is 5.26 Å². The van der Waals surface area contributed by atoms with Crippen molar-refractivity contribution >= 4 is 11.4 Å². The second kappa shape index (κ2) is 7.65. The van der Waals surface area contributed by atoms with Crippen molar-refractivity contribution in [2.24, 2.45) is 5.92 Å². The van der Waals surface area contributed by atoms with Crippen LogP contribution in [0.2, 0.25) is 0 Å². The number of aromatic nitrogens is 1. The standard InChI is InChI=1S/C19H19F3N4/c20-19(21,22)17-11-15(12-23)1-2-18(17)25-13-14-5-9-26(10-6-14)16-3-7-24-8-4-16/h1-4,7-8,11,14,25H,5-6,9-10,13H2. The summed E-state index contributed by atoms with van der Waals surface area (Å²) in [7, 11) is 0. The normalized spacial score (nSPS) is 15.5. The monoisotopic (exact) mass is 360 g/mol. The van der Waals surface area contributed by atoms with Gasteiger partial charge in [-0.15, -0.1) is 0 Å². The number of pyridine rings is 1. The highest BCUT2D eigenvalue weighted by Crippen LogP contribution is 2.35. The van der Waals surface area contributed by atoms with Crippen LogP contribution >= 0.6 is 0 Å². The molecule has 0 atom stereocenters. The lowest BCUT2D eigenvalue weighted by Crippen LogP contribution is -2.36. The van der Waals surface area contributed by atoms with Gasteiger partial charge in [-0.1, -0.05) is 0 Å². The Kier molecular flexibility index (Phi) is 5.31. The quantitative estimate of drug-likeness (QED) is 0.883. The van der Waals surface area contributed by atoms with Crippen LogP contribution < -0.4 is 10.2 Å². The lowest BCUT2D eigenvalue weighted by molar-refractivity contribution is -0.137. The summed E-state index contributed by atoms with van der Waals surface area (Å²) in [4.78, 5) is 6.27. The van der Waals surface area contributed by atoms with Crippen molar-refractivity contribution < 1.29 is 13.2 Å². The average molecular weight is 360 g/mol.